The summed E-state index contributed by atoms with van der Waals surface area (Å²) in [6.45, 7) is 1.23. The van der Waals surface area contributed by atoms with Crippen LogP contribution in [-0.4, -0.2) is 49.6 Å². The number of dihydropyridines is 1. The average molecular weight is 527 g/mol. The normalized spacial score (nSPS) is 21.0. The van der Waals surface area contributed by atoms with E-state index in [1.807, 2.05) is 0 Å². The van der Waals surface area contributed by atoms with Crippen molar-refractivity contribution in [1.82, 2.24) is 15.6 Å². The number of hydrogen-bond donors (Lipinski definition) is 3. The molecule has 3 aliphatic rings. The Labute approximate surface area is 219 Å². The number of rotatable bonds is 7. The first-order chi connectivity index (χ1) is 18.0. The van der Waals surface area contributed by atoms with Gasteiger partial charge in [-0.2, -0.15) is 0 Å². The number of amides is 1. The largest absolute Gasteiger partial charge is 0.495 e. The number of nitrogens with zero attached hydrogens (tertiary/aromatic N) is 1. The second-order valence-electron chi connectivity index (χ2n) is 8.63. The van der Waals surface area contributed by atoms with Gasteiger partial charge in [0.25, 0.3) is 12.3 Å². The number of allylic oxidation sites excluding steroid dienone is 2. The number of carbonyl (C=O) groups excluding carboxylic acids is 1. The van der Waals surface area contributed by atoms with Crippen LogP contribution in [0.3, 0.4) is 0 Å². The maximum absolute atomic E-state index is 13.5. The second-order valence-corrected chi connectivity index (χ2v) is 9.65. The highest BCUT2D eigenvalue weighted by Gasteiger charge is 2.27. The van der Waals surface area contributed by atoms with Gasteiger partial charge in [0.2, 0.25) is 0 Å². The molecule has 1 saturated carbocycles. The van der Waals surface area contributed by atoms with E-state index in [2.05, 4.69) is 39.3 Å². The number of nitrogens with two attached hydrogens (primary N) is 1. The minimum absolute atomic E-state index is 0.105. The van der Waals surface area contributed by atoms with Crippen LogP contribution in [0.4, 0.5) is 8.78 Å². The molecule has 2 fully saturated rings. The van der Waals surface area contributed by atoms with Gasteiger partial charge in [0.05, 0.1) is 30.1 Å². The first-order valence-corrected chi connectivity index (χ1v) is 12.9. The van der Waals surface area contributed by atoms with Gasteiger partial charge in [-0.15, -0.1) is 0 Å². The summed E-state index contributed by atoms with van der Waals surface area (Å²) in [7, 11) is 1.44. The number of hydrogen-bond acceptors (Lipinski definition) is 7. The van der Waals surface area contributed by atoms with Crippen LogP contribution in [0, 0.1) is 35.5 Å². The van der Waals surface area contributed by atoms with Crippen LogP contribution >= 0.6 is 11.8 Å². The molecule has 2 unspecified atom stereocenters. The molecule has 1 amide bonds. The van der Waals surface area contributed by atoms with E-state index in [-0.39, 0.29) is 17.4 Å². The van der Waals surface area contributed by atoms with Crippen LogP contribution < -0.4 is 16.4 Å². The van der Waals surface area contributed by atoms with Crippen LogP contribution in [0.5, 0.6) is 0 Å². The number of carbonyl (C=O) groups is 1. The number of aromatic nitrogens is 1. The molecule has 1 saturated heterocycles. The third kappa shape index (κ3) is 7.28. The zero-order chi connectivity index (χ0) is 26.2. The minimum atomic E-state index is -2.65. The zero-order valence-corrected chi connectivity index (χ0v) is 21.2. The Balaban J connectivity index is 1.59. The first kappa shape index (κ1) is 26.6. The predicted octanol–water partition coefficient (Wildman–Crippen LogP) is 3.21. The molecule has 194 valence electrons. The number of halogens is 2. The van der Waals surface area contributed by atoms with E-state index < -0.39 is 18.4 Å². The van der Waals surface area contributed by atoms with Gasteiger partial charge in [-0.05, 0) is 37.3 Å². The van der Waals surface area contributed by atoms with E-state index in [0.29, 0.717) is 46.6 Å². The lowest BCUT2D eigenvalue weighted by Crippen LogP contribution is -2.33. The van der Waals surface area contributed by atoms with Gasteiger partial charge >= 0.3 is 0 Å². The zero-order valence-electron chi connectivity index (χ0n) is 20.4. The summed E-state index contributed by atoms with van der Waals surface area (Å²) in [5.74, 6) is 13.0. The number of nitrogens with one attached hydrogen (secondary N) is 2. The number of ether oxygens (including phenoxy) is 2. The van der Waals surface area contributed by atoms with Crippen LogP contribution in [0.15, 0.2) is 41.4 Å². The summed E-state index contributed by atoms with van der Waals surface area (Å²) in [6.07, 6.45) is 5.95. The van der Waals surface area contributed by atoms with Crippen molar-refractivity contribution in [2.75, 3.05) is 26.2 Å². The van der Waals surface area contributed by atoms with E-state index >= 15 is 0 Å². The molecule has 1 aliphatic carbocycles. The topological polar surface area (TPSA) is 98.5 Å². The van der Waals surface area contributed by atoms with Gasteiger partial charge in [-0.1, -0.05) is 29.5 Å². The van der Waals surface area contributed by atoms with E-state index in [0.717, 1.165) is 19.3 Å². The molecular weight excluding hydrogens is 498 g/mol. The number of alkyl halides is 2. The Morgan fingerprint density at radius 2 is 2.22 bits per heavy atom. The molecule has 10 heteroatoms. The third-order valence-electron chi connectivity index (χ3n) is 5.87. The summed E-state index contributed by atoms with van der Waals surface area (Å²) >= 11 is 1.31. The highest BCUT2D eigenvalue weighted by molar-refractivity contribution is 8.03. The lowest BCUT2D eigenvalue weighted by molar-refractivity contribution is 0.0960. The minimum Gasteiger partial charge on any atom is -0.495 e. The van der Waals surface area contributed by atoms with Crippen molar-refractivity contribution >= 4 is 23.2 Å². The second kappa shape index (κ2) is 12.7. The summed E-state index contributed by atoms with van der Waals surface area (Å²) < 4.78 is 37.8. The van der Waals surface area contributed by atoms with Gasteiger partial charge in [-0.3, -0.25) is 4.79 Å². The van der Waals surface area contributed by atoms with Crippen molar-refractivity contribution in [1.29, 1.82) is 0 Å². The fourth-order valence-electron chi connectivity index (χ4n) is 3.65. The summed E-state index contributed by atoms with van der Waals surface area (Å²) in [5, 5.41) is 5.44. The van der Waals surface area contributed by atoms with Crippen molar-refractivity contribution in [3.63, 3.8) is 0 Å². The standard InChI is InChI=1S/C27H28F2N4O3S/c1-35-25-14-32-24(26(28)29)11-22(25)21-10-19(6-4-18-8-9-36-15-18)31-13-23(21)27(34)33-16-37-20(12-30)7-5-17-2-3-17/h10-14,17-18,24,26,32H,2-3,8-9,15-16,30H2,1H3,(H,33,34)/b20-12-. The highest BCUT2D eigenvalue weighted by Crippen LogP contribution is 2.31. The molecule has 7 nitrogen and oxygen atoms in total. The van der Waals surface area contributed by atoms with Gasteiger partial charge < -0.3 is 25.8 Å². The van der Waals surface area contributed by atoms with Gasteiger partial charge in [0, 0.05) is 48.2 Å². The molecule has 0 aromatic carbocycles. The van der Waals surface area contributed by atoms with E-state index in [9.17, 15) is 13.6 Å². The molecule has 4 rings (SSSR count). The predicted molar refractivity (Wildman–Crippen MR) is 139 cm³/mol. The molecule has 0 bridgehead atoms. The quantitative estimate of drug-likeness (QED) is 0.371. The Bertz CT molecular complexity index is 1230. The molecule has 2 atom stereocenters. The van der Waals surface area contributed by atoms with Crippen molar-refractivity contribution in [2.24, 2.45) is 17.6 Å². The molecule has 0 spiro atoms. The first-order valence-electron chi connectivity index (χ1n) is 11.9. The SMILES string of the molecule is COC1=CNC(C(F)F)C=C1c1cc(C#CC2CCOC2)ncc1C(=O)NCS/C(C#CC1CC1)=C\N. The Morgan fingerprint density at radius 1 is 1.38 bits per heavy atom. The monoisotopic (exact) mass is 526 g/mol. The molecule has 4 N–H and O–H groups in total. The summed E-state index contributed by atoms with van der Waals surface area (Å²) in [4.78, 5) is 18.2. The van der Waals surface area contributed by atoms with Crippen LogP contribution in [0.25, 0.3) is 5.57 Å². The molecule has 2 aliphatic heterocycles. The molecule has 1 aromatic heterocycles. The third-order valence-corrected chi connectivity index (χ3v) is 6.71. The Hall–Kier alpha value is -3.47. The van der Waals surface area contributed by atoms with E-state index in [1.54, 1.807) is 6.07 Å². The molecule has 37 heavy (non-hydrogen) atoms. The molecule has 1 aromatic rings. The van der Waals surface area contributed by atoms with Gasteiger partial charge in [0.1, 0.15) is 17.5 Å². The number of thioether (sulfide) groups is 1. The summed E-state index contributed by atoms with van der Waals surface area (Å²) in [5.41, 5.74) is 7.04. The molecule has 3 heterocycles. The molecular formula is C27H28F2N4O3S. The van der Waals surface area contributed by atoms with Crippen molar-refractivity contribution < 1.29 is 23.0 Å². The van der Waals surface area contributed by atoms with Gasteiger partial charge in [0.15, 0.2) is 0 Å². The number of pyridine rings is 1. The Morgan fingerprint density at radius 3 is 2.89 bits per heavy atom. The lowest BCUT2D eigenvalue weighted by atomic mass is 9.95. The number of methoxy groups -OCH3 is 1. The average Bonchev–Trinajstić information content (AvgIpc) is 3.60. The van der Waals surface area contributed by atoms with Crippen LogP contribution in [0.2, 0.25) is 0 Å². The van der Waals surface area contributed by atoms with Crippen molar-refractivity contribution in [3.8, 4) is 23.7 Å². The van der Waals surface area contributed by atoms with Crippen molar-refractivity contribution in [3.05, 3.63) is 58.2 Å². The van der Waals surface area contributed by atoms with Crippen LogP contribution in [0.1, 0.15) is 40.9 Å². The maximum Gasteiger partial charge on any atom is 0.261 e. The highest BCUT2D eigenvalue weighted by atomic mass is 32.2. The fraction of sp³-hybridized carbons (Fsp3) is 0.407. The van der Waals surface area contributed by atoms with Gasteiger partial charge in [-0.25, -0.2) is 13.8 Å². The fourth-order valence-corrected chi connectivity index (χ4v) is 4.24. The Kier molecular flexibility index (Phi) is 9.10. The maximum atomic E-state index is 13.5. The van der Waals surface area contributed by atoms with Crippen molar-refractivity contribution in [2.45, 2.75) is 31.7 Å². The molecule has 0 radical (unpaired) electrons. The van der Waals surface area contributed by atoms with E-state index in [4.69, 9.17) is 15.2 Å². The lowest BCUT2D eigenvalue weighted by Gasteiger charge is -2.23. The van der Waals surface area contributed by atoms with Crippen LogP contribution in [-0.2, 0) is 9.47 Å². The smallest absolute Gasteiger partial charge is 0.261 e. The van der Waals surface area contributed by atoms with E-state index in [1.165, 1.54) is 43.5 Å². The summed E-state index contributed by atoms with van der Waals surface area (Å²) in [6, 6.07) is 0.394.